The number of fused-ring (bicyclic) bond motifs is 1. The van der Waals surface area contributed by atoms with Crippen molar-refractivity contribution in [3.63, 3.8) is 0 Å². The van der Waals surface area contributed by atoms with Gasteiger partial charge in [0.05, 0.1) is 6.54 Å². The van der Waals surface area contributed by atoms with E-state index in [-0.39, 0.29) is 12.2 Å². The van der Waals surface area contributed by atoms with Gasteiger partial charge in [-0.1, -0.05) is 12.0 Å². The summed E-state index contributed by atoms with van der Waals surface area (Å²) in [6, 6.07) is 6.20. The van der Waals surface area contributed by atoms with Gasteiger partial charge in [0.2, 0.25) is 6.79 Å². The Kier molecular flexibility index (Phi) is 5.11. The number of aliphatic imine (C=N–C) groups is 1. The summed E-state index contributed by atoms with van der Waals surface area (Å²) in [5.74, 6) is 4.88. The van der Waals surface area contributed by atoms with Gasteiger partial charge in [-0.2, -0.15) is 0 Å². The molecule has 0 aliphatic carbocycles. The highest BCUT2D eigenvalue weighted by Crippen LogP contribution is 2.40. The van der Waals surface area contributed by atoms with Crippen molar-refractivity contribution in [2.24, 2.45) is 4.99 Å². The topological polar surface area (TPSA) is 64.1 Å². The lowest BCUT2D eigenvalue weighted by Crippen LogP contribution is -2.48. The molecule has 3 rings (SSSR count). The molecule has 2 N–H and O–H groups in total. The van der Waals surface area contributed by atoms with Gasteiger partial charge in [-0.3, -0.25) is 4.99 Å². The lowest BCUT2D eigenvalue weighted by molar-refractivity contribution is 0.0513. The number of nitrogens with zero attached hydrogens (tertiary/aromatic N) is 1. The smallest absolute Gasteiger partial charge is 0.231 e. The fourth-order valence-corrected chi connectivity index (χ4v) is 3.16. The minimum absolute atomic E-state index is 0.0347. The summed E-state index contributed by atoms with van der Waals surface area (Å²) in [6.45, 7) is 2.97. The minimum Gasteiger partial charge on any atom is -0.454 e. The molecule has 0 unspecified atom stereocenters. The molecule has 1 fully saturated rings. The molecule has 2 heterocycles. The molecule has 1 aromatic carbocycles. The first kappa shape index (κ1) is 16.5. The highest BCUT2D eigenvalue weighted by atomic mass is 16.7. The van der Waals surface area contributed by atoms with Gasteiger partial charge in [0.15, 0.2) is 17.5 Å². The Morgan fingerprint density at radius 2 is 2.04 bits per heavy atom. The zero-order valence-electron chi connectivity index (χ0n) is 13.9. The molecule has 2 aliphatic heterocycles. The molecule has 0 aromatic heterocycles. The maximum Gasteiger partial charge on any atom is 0.231 e. The molecule has 6 heteroatoms. The Morgan fingerprint density at radius 3 is 2.79 bits per heavy atom. The second kappa shape index (κ2) is 7.45. The largest absolute Gasteiger partial charge is 0.454 e. The molecule has 1 saturated heterocycles. The summed E-state index contributed by atoms with van der Waals surface area (Å²) in [5, 5.41) is 6.49. The van der Waals surface area contributed by atoms with Crippen molar-refractivity contribution in [1.29, 1.82) is 0 Å². The summed E-state index contributed by atoms with van der Waals surface area (Å²) in [4.78, 5) is 4.22. The lowest BCUT2D eigenvalue weighted by atomic mass is 9.74. The van der Waals surface area contributed by atoms with E-state index in [1.807, 2.05) is 6.07 Å². The molecule has 128 valence electrons. The van der Waals surface area contributed by atoms with Crippen LogP contribution in [0.2, 0.25) is 0 Å². The molecule has 6 nitrogen and oxygen atoms in total. The van der Waals surface area contributed by atoms with Crippen LogP contribution in [0.3, 0.4) is 0 Å². The zero-order valence-corrected chi connectivity index (χ0v) is 13.9. The number of hydrogen-bond donors (Lipinski definition) is 2. The van der Waals surface area contributed by atoms with Crippen LogP contribution >= 0.6 is 0 Å². The van der Waals surface area contributed by atoms with Crippen LogP contribution in [-0.4, -0.2) is 46.1 Å². The minimum atomic E-state index is -0.0347. The van der Waals surface area contributed by atoms with E-state index >= 15 is 0 Å². The number of nitrogens with one attached hydrogen (secondary N) is 2. The van der Waals surface area contributed by atoms with E-state index in [4.69, 9.17) is 20.6 Å². The molecule has 0 bridgehead atoms. The Morgan fingerprint density at radius 1 is 1.25 bits per heavy atom. The van der Waals surface area contributed by atoms with Crippen LogP contribution in [0.25, 0.3) is 0 Å². The number of ether oxygens (including phenoxy) is 3. The number of hydrogen-bond acceptors (Lipinski definition) is 4. The van der Waals surface area contributed by atoms with Crippen LogP contribution in [0.15, 0.2) is 23.2 Å². The van der Waals surface area contributed by atoms with Gasteiger partial charge in [-0.15, -0.1) is 6.42 Å². The van der Waals surface area contributed by atoms with Crippen LogP contribution in [0.5, 0.6) is 11.5 Å². The first-order chi connectivity index (χ1) is 11.8. The molecule has 0 saturated carbocycles. The Hall–Kier alpha value is -2.39. The third-order valence-electron chi connectivity index (χ3n) is 4.61. The molecule has 0 radical (unpaired) electrons. The first-order valence-corrected chi connectivity index (χ1v) is 8.13. The monoisotopic (exact) mass is 329 g/mol. The fraction of sp³-hybridized carbons (Fsp3) is 0.500. The Labute approximate surface area is 142 Å². The SMILES string of the molecule is C#CCNC(=NC)NCC1(c2ccc3c(c2)OCO3)CCOCC1. The normalized spacial score (nSPS) is 18.8. The average Bonchev–Trinajstić information content (AvgIpc) is 3.10. The number of benzene rings is 1. The lowest BCUT2D eigenvalue weighted by Gasteiger charge is -2.38. The van der Waals surface area contributed by atoms with Crippen molar-refractivity contribution in [2.45, 2.75) is 18.3 Å². The number of guanidine groups is 1. The number of rotatable bonds is 4. The van der Waals surface area contributed by atoms with Crippen molar-refractivity contribution < 1.29 is 14.2 Å². The highest BCUT2D eigenvalue weighted by molar-refractivity contribution is 5.80. The van der Waals surface area contributed by atoms with Gasteiger partial charge < -0.3 is 24.8 Å². The van der Waals surface area contributed by atoms with Gasteiger partial charge in [-0.25, -0.2) is 0 Å². The molecule has 0 spiro atoms. The van der Waals surface area contributed by atoms with E-state index in [0.717, 1.165) is 44.1 Å². The van der Waals surface area contributed by atoms with E-state index in [1.54, 1.807) is 7.05 Å². The van der Waals surface area contributed by atoms with Crippen molar-refractivity contribution in [3.8, 4) is 23.8 Å². The van der Waals surface area contributed by atoms with E-state index < -0.39 is 0 Å². The van der Waals surface area contributed by atoms with Crippen LogP contribution in [-0.2, 0) is 10.2 Å². The van der Waals surface area contributed by atoms with Crippen LogP contribution < -0.4 is 20.1 Å². The molecule has 24 heavy (non-hydrogen) atoms. The van der Waals surface area contributed by atoms with E-state index in [2.05, 4.69) is 33.7 Å². The van der Waals surface area contributed by atoms with Gasteiger partial charge in [0.1, 0.15) is 0 Å². The maximum atomic E-state index is 5.58. The molecular formula is C18H23N3O3. The second-order valence-corrected chi connectivity index (χ2v) is 5.94. The summed E-state index contributed by atoms with van der Waals surface area (Å²) in [7, 11) is 1.74. The van der Waals surface area contributed by atoms with Crippen LogP contribution in [0, 0.1) is 12.3 Å². The molecule has 0 amide bonds. The van der Waals surface area contributed by atoms with E-state index in [9.17, 15) is 0 Å². The molecule has 2 aliphatic rings. The third-order valence-corrected chi connectivity index (χ3v) is 4.61. The van der Waals surface area contributed by atoms with Gasteiger partial charge in [0.25, 0.3) is 0 Å². The van der Waals surface area contributed by atoms with E-state index in [0.29, 0.717) is 12.5 Å². The van der Waals surface area contributed by atoms with E-state index in [1.165, 1.54) is 5.56 Å². The van der Waals surface area contributed by atoms with Gasteiger partial charge >= 0.3 is 0 Å². The molecular weight excluding hydrogens is 306 g/mol. The third kappa shape index (κ3) is 3.41. The first-order valence-electron chi connectivity index (χ1n) is 8.13. The van der Waals surface area contributed by atoms with Crippen molar-refractivity contribution in [1.82, 2.24) is 10.6 Å². The Bertz CT molecular complexity index is 645. The summed E-state index contributed by atoms with van der Waals surface area (Å²) >= 11 is 0. The fourth-order valence-electron chi connectivity index (χ4n) is 3.16. The van der Waals surface area contributed by atoms with Gasteiger partial charge in [0, 0.05) is 32.2 Å². The maximum absolute atomic E-state index is 5.58. The number of terminal acetylenes is 1. The molecule has 0 atom stereocenters. The van der Waals surface area contributed by atoms with Crippen LogP contribution in [0.4, 0.5) is 0 Å². The predicted molar refractivity (Wildman–Crippen MR) is 92.5 cm³/mol. The standard InChI is InChI=1S/C18H23N3O3/c1-3-8-20-17(19-2)21-12-18(6-9-22-10-7-18)14-4-5-15-16(11-14)24-13-23-15/h1,4-5,11H,6-10,12-13H2,2H3,(H2,19,20,21). The summed E-state index contributed by atoms with van der Waals surface area (Å²) in [6.07, 6.45) is 7.17. The van der Waals surface area contributed by atoms with Crippen LogP contribution in [0.1, 0.15) is 18.4 Å². The second-order valence-electron chi connectivity index (χ2n) is 5.94. The summed E-state index contributed by atoms with van der Waals surface area (Å²) in [5.41, 5.74) is 1.20. The molecule has 1 aromatic rings. The van der Waals surface area contributed by atoms with Crippen molar-refractivity contribution in [2.75, 3.05) is 40.1 Å². The van der Waals surface area contributed by atoms with Gasteiger partial charge in [-0.05, 0) is 30.5 Å². The Balaban J connectivity index is 1.79. The zero-order chi connectivity index (χ0) is 16.8. The van der Waals surface area contributed by atoms with Crippen molar-refractivity contribution >= 4 is 5.96 Å². The predicted octanol–water partition coefficient (Wildman–Crippen LogP) is 1.26. The summed E-state index contributed by atoms with van der Waals surface area (Å²) < 4.78 is 16.5. The quantitative estimate of drug-likeness (QED) is 0.495. The highest BCUT2D eigenvalue weighted by Gasteiger charge is 2.35. The average molecular weight is 329 g/mol. The van der Waals surface area contributed by atoms with Crippen molar-refractivity contribution in [3.05, 3.63) is 23.8 Å².